The molecule has 0 radical (unpaired) electrons. The third-order valence-corrected chi connectivity index (χ3v) is 7.03. The number of Topliss-reactive ketones (excluding diaryl/α,β-unsaturated/α-hetero) is 1. The van der Waals surface area contributed by atoms with E-state index in [1.165, 1.54) is 17.3 Å². The van der Waals surface area contributed by atoms with E-state index in [4.69, 9.17) is 0 Å². The number of hydrogen-bond acceptors (Lipinski definition) is 5. The number of rotatable bonds is 7. The average molecular weight is 405 g/mol. The lowest BCUT2D eigenvalue weighted by Crippen LogP contribution is -2.49. The van der Waals surface area contributed by atoms with E-state index in [1.807, 2.05) is 12.4 Å². The van der Waals surface area contributed by atoms with Crippen LogP contribution in [0.1, 0.15) is 42.9 Å². The first kappa shape index (κ1) is 20.7. The standard InChI is InChI=1S/C20H28N4O3S/c1-16(2)20-21-7-8-23(20)12-9-22-10-13-24(14-11-22)28(26,27)19-6-4-5-18(15-19)17(3)25/h4-8,15-16H,9-14H2,1-3H3. The Morgan fingerprint density at radius 1 is 1.14 bits per heavy atom. The summed E-state index contributed by atoms with van der Waals surface area (Å²) in [4.78, 5) is 18.4. The summed E-state index contributed by atoms with van der Waals surface area (Å²) in [5.74, 6) is 1.32. The van der Waals surface area contributed by atoms with E-state index >= 15 is 0 Å². The summed E-state index contributed by atoms with van der Waals surface area (Å²) in [5.41, 5.74) is 0.418. The van der Waals surface area contributed by atoms with Crippen molar-refractivity contribution in [2.24, 2.45) is 0 Å². The number of ketones is 1. The van der Waals surface area contributed by atoms with Crippen LogP contribution in [0.5, 0.6) is 0 Å². The maximum atomic E-state index is 12.9. The van der Waals surface area contributed by atoms with Crippen molar-refractivity contribution in [3.8, 4) is 0 Å². The van der Waals surface area contributed by atoms with Crippen LogP contribution in [0.25, 0.3) is 0 Å². The molecule has 1 aliphatic heterocycles. The number of hydrogen-bond donors (Lipinski definition) is 0. The molecule has 1 aromatic carbocycles. The van der Waals surface area contributed by atoms with Gasteiger partial charge in [-0.3, -0.25) is 9.69 Å². The Hall–Kier alpha value is -2.03. The van der Waals surface area contributed by atoms with Gasteiger partial charge >= 0.3 is 0 Å². The molecule has 2 heterocycles. The minimum Gasteiger partial charge on any atom is -0.333 e. The highest BCUT2D eigenvalue weighted by atomic mass is 32.2. The highest BCUT2D eigenvalue weighted by Crippen LogP contribution is 2.19. The molecule has 28 heavy (non-hydrogen) atoms. The van der Waals surface area contributed by atoms with Gasteiger partial charge in [-0.05, 0) is 19.1 Å². The Balaban J connectivity index is 1.59. The van der Waals surface area contributed by atoms with E-state index in [9.17, 15) is 13.2 Å². The highest BCUT2D eigenvalue weighted by molar-refractivity contribution is 7.89. The second-order valence-corrected chi connectivity index (χ2v) is 9.40. The van der Waals surface area contributed by atoms with Gasteiger partial charge in [0.15, 0.2) is 5.78 Å². The van der Waals surface area contributed by atoms with Crippen LogP contribution < -0.4 is 0 Å². The molecule has 7 nitrogen and oxygen atoms in total. The van der Waals surface area contributed by atoms with Gasteiger partial charge < -0.3 is 4.57 Å². The number of imidazole rings is 1. The smallest absolute Gasteiger partial charge is 0.243 e. The summed E-state index contributed by atoms with van der Waals surface area (Å²) < 4.78 is 29.5. The van der Waals surface area contributed by atoms with Crippen LogP contribution in [-0.2, 0) is 16.6 Å². The quantitative estimate of drug-likeness (QED) is 0.662. The van der Waals surface area contributed by atoms with Gasteiger partial charge in [0.25, 0.3) is 0 Å². The molecule has 0 unspecified atom stereocenters. The summed E-state index contributed by atoms with van der Waals surface area (Å²) in [6, 6.07) is 6.29. The summed E-state index contributed by atoms with van der Waals surface area (Å²) >= 11 is 0. The first-order valence-corrected chi connectivity index (χ1v) is 11.1. The van der Waals surface area contributed by atoms with Gasteiger partial charge in [-0.2, -0.15) is 4.31 Å². The lowest BCUT2D eigenvalue weighted by Gasteiger charge is -2.34. The number of carbonyl (C=O) groups is 1. The molecule has 152 valence electrons. The lowest BCUT2D eigenvalue weighted by atomic mass is 10.2. The van der Waals surface area contributed by atoms with Crippen molar-refractivity contribution < 1.29 is 13.2 Å². The molecule has 3 rings (SSSR count). The Labute approximate surface area is 167 Å². The van der Waals surface area contributed by atoms with Crippen LogP contribution in [0.2, 0.25) is 0 Å². The molecule has 0 bridgehead atoms. The normalized spacial score (nSPS) is 16.6. The van der Waals surface area contributed by atoms with Gasteiger partial charge in [-0.1, -0.05) is 26.0 Å². The molecule has 8 heteroatoms. The third-order valence-electron chi connectivity index (χ3n) is 5.13. The minimum atomic E-state index is -3.58. The predicted molar refractivity (Wildman–Crippen MR) is 108 cm³/mol. The first-order valence-electron chi connectivity index (χ1n) is 9.63. The molecular formula is C20H28N4O3S. The lowest BCUT2D eigenvalue weighted by molar-refractivity contribution is 0.101. The van der Waals surface area contributed by atoms with E-state index in [2.05, 4.69) is 28.3 Å². The number of carbonyl (C=O) groups excluding carboxylic acids is 1. The number of aromatic nitrogens is 2. The number of nitrogens with zero attached hydrogens (tertiary/aromatic N) is 4. The van der Waals surface area contributed by atoms with Crippen molar-refractivity contribution in [3.05, 3.63) is 48.0 Å². The van der Waals surface area contributed by atoms with Gasteiger partial charge in [0.1, 0.15) is 5.82 Å². The van der Waals surface area contributed by atoms with Gasteiger partial charge in [0.05, 0.1) is 4.90 Å². The van der Waals surface area contributed by atoms with E-state index in [1.54, 1.807) is 18.2 Å². The third kappa shape index (κ3) is 4.51. The SMILES string of the molecule is CC(=O)c1cccc(S(=O)(=O)N2CCN(CCn3ccnc3C(C)C)CC2)c1. The molecule has 0 aliphatic carbocycles. The van der Waals surface area contributed by atoms with E-state index in [0.29, 0.717) is 37.7 Å². The summed E-state index contributed by atoms with van der Waals surface area (Å²) in [7, 11) is -3.58. The van der Waals surface area contributed by atoms with Crippen molar-refractivity contribution in [1.29, 1.82) is 0 Å². The predicted octanol–water partition coefficient (Wildman–Crippen LogP) is 2.22. The molecule has 0 spiro atoms. The maximum Gasteiger partial charge on any atom is 0.243 e. The number of sulfonamides is 1. The molecule has 1 saturated heterocycles. The first-order chi connectivity index (χ1) is 13.3. The van der Waals surface area contributed by atoms with Crippen molar-refractivity contribution >= 4 is 15.8 Å². The molecular weight excluding hydrogens is 376 g/mol. The monoisotopic (exact) mass is 404 g/mol. The zero-order valence-electron chi connectivity index (χ0n) is 16.7. The fourth-order valence-electron chi connectivity index (χ4n) is 3.48. The average Bonchev–Trinajstić information content (AvgIpc) is 3.16. The van der Waals surface area contributed by atoms with Gasteiger partial charge in [-0.25, -0.2) is 13.4 Å². The largest absolute Gasteiger partial charge is 0.333 e. The number of benzene rings is 1. The Morgan fingerprint density at radius 2 is 1.86 bits per heavy atom. The second-order valence-electron chi connectivity index (χ2n) is 7.46. The van der Waals surface area contributed by atoms with Gasteiger partial charge in [0, 0.05) is 63.1 Å². The van der Waals surface area contributed by atoms with Crippen LogP contribution in [0, 0.1) is 0 Å². The molecule has 0 amide bonds. The molecule has 1 fully saturated rings. The Kier molecular flexibility index (Phi) is 6.32. The van der Waals surface area contributed by atoms with Gasteiger partial charge in [0.2, 0.25) is 10.0 Å². The van der Waals surface area contributed by atoms with E-state index in [-0.39, 0.29) is 10.7 Å². The zero-order valence-corrected chi connectivity index (χ0v) is 17.5. The summed E-state index contributed by atoms with van der Waals surface area (Å²) in [5, 5.41) is 0. The van der Waals surface area contributed by atoms with Crippen molar-refractivity contribution in [2.75, 3.05) is 32.7 Å². The van der Waals surface area contributed by atoms with Crippen LogP contribution in [0.15, 0.2) is 41.6 Å². The molecule has 2 aromatic rings. The Morgan fingerprint density at radius 3 is 2.50 bits per heavy atom. The van der Waals surface area contributed by atoms with Crippen LogP contribution in [0.4, 0.5) is 0 Å². The maximum absolute atomic E-state index is 12.9. The van der Waals surface area contributed by atoms with E-state index in [0.717, 1.165) is 18.9 Å². The summed E-state index contributed by atoms with van der Waals surface area (Å²) in [6.45, 7) is 9.70. The summed E-state index contributed by atoms with van der Waals surface area (Å²) in [6.07, 6.45) is 3.83. The topological polar surface area (TPSA) is 75.5 Å². The van der Waals surface area contributed by atoms with Crippen LogP contribution in [0.3, 0.4) is 0 Å². The van der Waals surface area contributed by atoms with Crippen LogP contribution >= 0.6 is 0 Å². The second kappa shape index (κ2) is 8.55. The fourth-order valence-corrected chi connectivity index (χ4v) is 4.95. The molecule has 0 N–H and O–H groups in total. The van der Waals surface area contributed by atoms with Crippen molar-refractivity contribution in [2.45, 2.75) is 38.1 Å². The number of piperazine rings is 1. The fraction of sp³-hybridized carbons (Fsp3) is 0.500. The Bertz CT molecular complexity index is 928. The van der Waals surface area contributed by atoms with E-state index < -0.39 is 10.0 Å². The molecule has 0 atom stereocenters. The molecule has 1 aliphatic rings. The molecule has 0 saturated carbocycles. The highest BCUT2D eigenvalue weighted by Gasteiger charge is 2.28. The minimum absolute atomic E-state index is 0.137. The van der Waals surface area contributed by atoms with Crippen molar-refractivity contribution in [1.82, 2.24) is 18.8 Å². The molecule has 1 aromatic heterocycles. The van der Waals surface area contributed by atoms with Crippen molar-refractivity contribution in [3.63, 3.8) is 0 Å². The zero-order chi connectivity index (χ0) is 20.3. The van der Waals surface area contributed by atoms with Crippen LogP contribution in [-0.4, -0.2) is 65.7 Å². The van der Waals surface area contributed by atoms with Gasteiger partial charge in [-0.15, -0.1) is 0 Å².